The van der Waals surface area contributed by atoms with Crippen molar-refractivity contribution in [1.29, 1.82) is 0 Å². The highest BCUT2D eigenvalue weighted by Gasteiger charge is 2.31. The molecule has 1 aromatic carbocycles. The number of methoxy groups -OCH3 is 2. The highest BCUT2D eigenvalue weighted by molar-refractivity contribution is 5.85. The Labute approximate surface area is 123 Å². The number of hydrogen-bond donors (Lipinski definition) is 1. The predicted octanol–water partition coefficient (Wildman–Crippen LogP) is 2.83. The molecule has 112 valence electrons. The fourth-order valence-corrected chi connectivity index (χ4v) is 2.36. The minimum absolute atomic E-state index is 0. The summed E-state index contributed by atoms with van der Waals surface area (Å²) in [5.41, 5.74) is 6.67. The molecule has 0 amide bonds. The van der Waals surface area contributed by atoms with Gasteiger partial charge in [-0.1, -0.05) is 6.42 Å². The maximum absolute atomic E-state index is 11.2. The van der Waals surface area contributed by atoms with Crippen LogP contribution in [-0.4, -0.2) is 19.1 Å². The third-order valence-electron chi connectivity index (χ3n) is 3.75. The second-order valence-electron chi connectivity index (χ2n) is 4.74. The minimum Gasteiger partial charge on any atom is -0.493 e. The molecule has 1 atom stereocenters. The number of benzene rings is 1. The highest BCUT2D eigenvalue weighted by Crippen LogP contribution is 2.43. The Morgan fingerprint density at radius 2 is 1.85 bits per heavy atom. The van der Waals surface area contributed by atoms with E-state index in [4.69, 9.17) is 15.2 Å². The normalized spacial score (nSPS) is 15.8. The number of hydrogen-bond acceptors (Lipinski definition) is 5. The van der Waals surface area contributed by atoms with Crippen molar-refractivity contribution in [2.75, 3.05) is 14.2 Å². The Kier molecular flexibility index (Phi) is 5.59. The molecule has 0 spiro atoms. The Bertz CT molecular complexity index is 492. The lowest BCUT2D eigenvalue weighted by molar-refractivity contribution is -0.385. The molecule has 0 aliphatic heterocycles. The highest BCUT2D eigenvalue weighted by atomic mass is 35.5. The van der Waals surface area contributed by atoms with Crippen LogP contribution in [0.5, 0.6) is 11.5 Å². The second-order valence-corrected chi connectivity index (χ2v) is 4.74. The van der Waals surface area contributed by atoms with Gasteiger partial charge in [-0.3, -0.25) is 10.1 Å². The van der Waals surface area contributed by atoms with Crippen LogP contribution in [0.4, 0.5) is 5.69 Å². The lowest BCUT2D eigenvalue weighted by Gasteiger charge is -2.31. The molecular weight excluding hydrogens is 284 g/mol. The van der Waals surface area contributed by atoms with E-state index in [1.54, 1.807) is 6.07 Å². The number of ether oxygens (including phenoxy) is 2. The Morgan fingerprint density at radius 3 is 2.25 bits per heavy atom. The topological polar surface area (TPSA) is 87.6 Å². The molecule has 1 aliphatic carbocycles. The summed E-state index contributed by atoms with van der Waals surface area (Å²) in [7, 11) is 2.95. The van der Waals surface area contributed by atoms with Gasteiger partial charge in [-0.2, -0.15) is 0 Å². The van der Waals surface area contributed by atoms with E-state index in [0.717, 1.165) is 19.3 Å². The van der Waals surface area contributed by atoms with E-state index in [9.17, 15) is 10.1 Å². The molecule has 1 saturated carbocycles. The first kappa shape index (κ1) is 16.5. The fourth-order valence-electron chi connectivity index (χ4n) is 2.36. The van der Waals surface area contributed by atoms with Crippen LogP contribution < -0.4 is 15.2 Å². The van der Waals surface area contributed by atoms with Crippen molar-refractivity contribution in [3.63, 3.8) is 0 Å². The van der Waals surface area contributed by atoms with E-state index in [1.807, 2.05) is 0 Å². The van der Waals surface area contributed by atoms with Gasteiger partial charge < -0.3 is 15.2 Å². The summed E-state index contributed by atoms with van der Waals surface area (Å²) in [5, 5.41) is 11.2. The SMILES string of the molecule is COc1cc([C@@H](N)C2CCC2)c([N+](=O)[O-])cc1OC.Cl. The van der Waals surface area contributed by atoms with E-state index in [-0.39, 0.29) is 24.1 Å². The quantitative estimate of drug-likeness (QED) is 0.667. The number of halogens is 1. The maximum atomic E-state index is 11.2. The number of nitrogens with two attached hydrogens (primary N) is 1. The van der Waals surface area contributed by atoms with E-state index >= 15 is 0 Å². The van der Waals surface area contributed by atoms with E-state index in [1.165, 1.54) is 20.3 Å². The monoisotopic (exact) mass is 302 g/mol. The van der Waals surface area contributed by atoms with Crippen LogP contribution in [0.2, 0.25) is 0 Å². The number of rotatable bonds is 5. The third-order valence-corrected chi connectivity index (χ3v) is 3.75. The smallest absolute Gasteiger partial charge is 0.278 e. The molecule has 7 heteroatoms. The lowest BCUT2D eigenvalue weighted by atomic mass is 9.77. The van der Waals surface area contributed by atoms with Gasteiger partial charge in [0.05, 0.1) is 30.8 Å². The van der Waals surface area contributed by atoms with Gasteiger partial charge >= 0.3 is 0 Å². The maximum Gasteiger partial charge on any atom is 0.278 e. The number of nitrogens with zero attached hydrogens (tertiary/aromatic N) is 1. The summed E-state index contributed by atoms with van der Waals surface area (Å²) >= 11 is 0. The van der Waals surface area contributed by atoms with Gasteiger partial charge in [0.1, 0.15) is 0 Å². The molecular formula is C13H19ClN2O4. The van der Waals surface area contributed by atoms with Crippen molar-refractivity contribution in [3.8, 4) is 11.5 Å². The molecule has 1 aromatic rings. The van der Waals surface area contributed by atoms with Crippen LogP contribution in [0, 0.1) is 16.0 Å². The summed E-state index contributed by atoms with van der Waals surface area (Å²) in [6.07, 6.45) is 3.18. The van der Waals surface area contributed by atoms with Crippen LogP contribution >= 0.6 is 12.4 Å². The molecule has 0 radical (unpaired) electrons. The van der Waals surface area contributed by atoms with Crippen LogP contribution in [0.25, 0.3) is 0 Å². The summed E-state index contributed by atoms with van der Waals surface area (Å²) in [4.78, 5) is 10.8. The van der Waals surface area contributed by atoms with Crippen LogP contribution in [-0.2, 0) is 0 Å². The van der Waals surface area contributed by atoms with Gasteiger partial charge in [0.2, 0.25) is 0 Å². The average molecular weight is 303 g/mol. The zero-order valence-electron chi connectivity index (χ0n) is 11.5. The molecule has 2 rings (SSSR count). The van der Waals surface area contributed by atoms with Crippen molar-refractivity contribution >= 4 is 18.1 Å². The Balaban J connectivity index is 0.00000200. The minimum atomic E-state index is -0.421. The van der Waals surface area contributed by atoms with Gasteiger partial charge in [-0.15, -0.1) is 12.4 Å². The van der Waals surface area contributed by atoms with Crippen molar-refractivity contribution in [1.82, 2.24) is 0 Å². The van der Waals surface area contributed by atoms with Gasteiger partial charge in [-0.05, 0) is 24.8 Å². The third kappa shape index (κ3) is 2.96. The first-order valence-electron chi connectivity index (χ1n) is 6.24. The number of nitro groups is 1. The molecule has 0 saturated heterocycles. The van der Waals surface area contributed by atoms with Gasteiger partial charge in [0.25, 0.3) is 5.69 Å². The molecule has 20 heavy (non-hydrogen) atoms. The van der Waals surface area contributed by atoms with E-state index in [2.05, 4.69) is 0 Å². The van der Waals surface area contributed by atoms with Crippen molar-refractivity contribution in [2.24, 2.45) is 11.7 Å². The van der Waals surface area contributed by atoms with Crippen molar-refractivity contribution in [2.45, 2.75) is 25.3 Å². The molecule has 0 heterocycles. The van der Waals surface area contributed by atoms with Crippen LogP contribution in [0.3, 0.4) is 0 Å². The first-order chi connectivity index (χ1) is 9.08. The van der Waals surface area contributed by atoms with Crippen molar-refractivity contribution in [3.05, 3.63) is 27.8 Å². The van der Waals surface area contributed by atoms with E-state index in [0.29, 0.717) is 23.0 Å². The molecule has 1 fully saturated rings. The Morgan fingerprint density at radius 1 is 1.30 bits per heavy atom. The molecule has 0 aromatic heterocycles. The van der Waals surface area contributed by atoms with Crippen LogP contribution in [0.15, 0.2) is 12.1 Å². The van der Waals surface area contributed by atoms with Gasteiger partial charge in [-0.25, -0.2) is 0 Å². The second kappa shape index (κ2) is 6.76. The standard InChI is InChI=1S/C13H18N2O4.ClH/c1-18-11-6-9(13(14)8-4-3-5-8)10(15(16)17)7-12(11)19-2;/h6-8,13H,3-5,14H2,1-2H3;1H/t13-;/m0./s1. The summed E-state index contributed by atoms with van der Waals surface area (Å²) < 4.78 is 10.3. The zero-order chi connectivity index (χ0) is 14.0. The summed E-state index contributed by atoms with van der Waals surface area (Å²) in [6, 6.07) is 2.68. The summed E-state index contributed by atoms with van der Waals surface area (Å²) in [5.74, 6) is 1.13. The van der Waals surface area contributed by atoms with Crippen LogP contribution in [0.1, 0.15) is 30.9 Å². The lowest BCUT2D eigenvalue weighted by Crippen LogP contribution is -2.27. The van der Waals surface area contributed by atoms with Gasteiger partial charge in [0, 0.05) is 6.04 Å². The van der Waals surface area contributed by atoms with Crippen molar-refractivity contribution < 1.29 is 14.4 Å². The largest absolute Gasteiger partial charge is 0.493 e. The molecule has 0 unspecified atom stereocenters. The number of nitro benzene ring substituents is 1. The predicted molar refractivity (Wildman–Crippen MR) is 77.7 cm³/mol. The molecule has 0 bridgehead atoms. The Hall–Kier alpha value is -1.53. The molecule has 2 N–H and O–H groups in total. The zero-order valence-corrected chi connectivity index (χ0v) is 12.3. The summed E-state index contributed by atoms with van der Waals surface area (Å²) in [6.45, 7) is 0. The first-order valence-corrected chi connectivity index (χ1v) is 6.24. The van der Waals surface area contributed by atoms with E-state index < -0.39 is 4.92 Å². The molecule has 1 aliphatic rings. The molecule has 6 nitrogen and oxygen atoms in total. The average Bonchev–Trinajstić information content (AvgIpc) is 2.34. The fraction of sp³-hybridized carbons (Fsp3) is 0.538. The van der Waals surface area contributed by atoms with Gasteiger partial charge in [0.15, 0.2) is 11.5 Å².